The van der Waals surface area contributed by atoms with Gasteiger partial charge in [0.15, 0.2) is 0 Å². The van der Waals surface area contributed by atoms with Gasteiger partial charge in [-0.2, -0.15) is 0 Å². The Balaban J connectivity index is 1.79. The van der Waals surface area contributed by atoms with Crippen molar-refractivity contribution in [1.29, 1.82) is 0 Å². The predicted octanol–water partition coefficient (Wildman–Crippen LogP) is 3.86. The molecule has 0 saturated carbocycles. The Morgan fingerprint density at radius 1 is 1.05 bits per heavy atom. The zero-order valence-electron chi connectivity index (χ0n) is 13.0. The topological polar surface area (TPSA) is 15.3 Å². The molecule has 1 aromatic rings. The van der Waals surface area contributed by atoms with E-state index in [0.717, 1.165) is 26.2 Å². The van der Waals surface area contributed by atoms with Gasteiger partial charge in [0.1, 0.15) is 0 Å². The Hall–Kier alpha value is -1.19. The second-order valence-electron chi connectivity index (χ2n) is 5.84. The van der Waals surface area contributed by atoms with Crippen LogP contribution in [-0.4, -0.2) is 31.1 Å². The van der Waals surface area contributed by atoms with Crippen molar-refractivity contribution in [3.8, 4) is 0 Å². The van der Waals surface area contributed by atoms with Crippen LogP contribution in [0.25, 0.3) is 0 Å². The van der Waals surface area contributed by atoms with Crippen molar-refractivity contribution in [2.45, 2.75) is 31.6 Å². The fourth-order valence-corrected chi connectivity index (χ4v) is 4.07. The van der Waals surface area contributed by atoms with Crippen LogP contribution in [0, 0.1) is 13.8 Å². The number of thioether (sulfide) groups is 1. The van der Waals surface area contributed by atoms with Gasteiger partial charge >= 0.3 is 0 Å². The minimum atomic E-state index is 1.10. The van der Waals surface area contributed by atoms with Gasteiger partial charge in [-0.15, -0.1) is 0 Å². The number of benzene rings is 1. The lowest BCUT2D eigenvalue weighted by atomic mass is 10.1. The number of aryl methyl sites for hydroxylation is 2. The van der Waals surface area contributed by atoms with E-state index in [1.54, 1.807) is 0 Å². The van der Waals surface area contributed by atoms with E-state index in [9.17, 15) is 0 Å². The van der Waals surface area contributed by atoms with Crippen molar-refractivity contribution in [1.82, 2.24) is 10.2 Å². The quantitative estimate of drug-likeness (QED) is 0.912. The first-order valence-corrected chi connectivity index (χ1v) is 8.67. The summed E-state index contributed by atoms with van der Waals surface area (Å²) in [7, 11) is 0. The van der Waals surface area contributed by atoms with Crippen LogP contribution in [0.1, 0.15) is 24.0 Å². The molecule has 1 aliphatic carbocycles. The standard InChI is InChI=1S/C18H24N2S/c1-14-7-8-17(15(2)13-14)21-18-6-4-3-5-16(18)20-11-9-19-10-12-20/h5-8,13,19H,3-4,9-12H2,1-2H3. The van der Waals surface area contributed by atoms with Gasteiger partial charge in [0.25, 0.3) is 0 Å². The number of nitrogens with zero attached hydrogens (tertiary/aromatic N) is 1. The molecule has 3 rings (SSSR count). The normalized spacial score (nSPS) is 19.2. The van der Waals surface area contributed by atoms with E-state index in [1.807, 2.05) is 11.8 Å². The molecule has 1 fully saturated rings. The lowest BCUT2D eigenvalue weighted by Gasteiger charge is -2.34. The molecule has 0 radical (unpaired) electrons. The number of piperazine rings is 1. The van der Waals surface area contributed by atoms with Gasteiger partial charge in [-0.1, -0.05) is 41.6 Å². The number of hydrogen-bond acceptors (Lipinski definition) is 3. The van der Waals surface area contributed by atoms with Crippen molar-refractivity contribution in [3.63, 3.8) is 0 Å². The molecule has 1 aromatic carbocycles. The van der Waals surface area contributed by atoms with Crippen LogP contribution in [0.3, 0.4) is 0 Å². The molecule has 3 heteroatoms. The maximum atomic E-state index is 3.44. The molecule has 1 N–H and O–H groups in total. The highest BCUT2D eigenvalue weighted by Gasteiger charge is 2.19. The molecule has 1 saturated heterocycles. The molecule has 0 amide bonds. The summed E-state index contributed by atoms with van der Waals surface area (Å²) in [6, 6.07) is 6.76. The minimum absolute atomic E-state index is 1.10. The molecule has 112 valence electrons. The number of hydrogen-bond donors (Lipinski definition) is 1. The molecule has 2 aliphatic rings. The maximum absolute atomic E-state index is 3.44. The Bertz CT molecular complexity index is 569. The second kappa shape index (κ2) is 6.71. The predicted molar refractivity (Wildman–Crippen MR) is 91.6 cm³/mol. The number of nitrogens with one attached hydrogen (secondary N) is 1. The van der Waals surface area contributed by atoms with Crippen molar-refractivity contribution >= 4 is 11.8 Å². The van der Waals surface area contributed by atoms with Crippen LogP contribution < -0.4 is 5.32 Å². The van der Waals surface area contributed by atoms with E-state index in [4.69, 9.17) is 0 Å². The van der Waals surface area contributed by atoms with E-state index in [2.05, 4.69) is 54.4 Å². The average molecular weight is 300 g/mol. The smallest absolute Gasteiger partial charge is 0.0465 e. The molecular formula is C18H24N2S. The molecule has 21 heavy (non-hydrogen) atoms. The van der Waals surface area contributed by atoms with E-state index in [1.165, 1.54) is 39.5 Å². The van der Waals surface area contributed by atoms with E-state index < -0.39 is 0 Å². The first-order chi connectivity index (χ1) is 10.2. The summed E-state index contributed by atoms with van der Waals surface area (Å²) in [5, 5.41) is 3.44. The van der Waals surface area contributed by atoms with Gasteiger partial charge in [0, 0.05) is 41.7 Å². The molecule has 1 aliphatic heterocycles. The first-order valence-electron chi connectivity index (χ1n) is 7.85. The Morgan fingerprint density at radius 3 is 2.57 bits per heavy atom. The molecule has 0 spiro atoms. The fraction of sp³-hybridized carbons (Fsp3) is 0.444. The summed E-state index contributed by atoms with van der Waals surface area (Å²) in [4.78, 5) is 5.36. The Kier molecular flexibility index (Phi) is 4.71. The summed E-state index contributed by atoms with van der Waals surface area (Å²) in [6.07, 6.45) is 7.19. The highest BCUT2D eigenvalue weighted by Crippen LogP contribution is 2.38. The van der Waals surface area contributed by atoms with Crippen LogP contribution >= 0.6 is 11.8 Å². The third kappa shape index (κ3) is 3.53. The largest absolute Gasteiger partial charge is 0.368 e. The van der Waals surface area contributed by atoms with Gasteiger partial charge in [-0.3, -0.25) is 0 Å². The lowest BCUT2D eigenvalue weighted by Crippen LogP contribution is -2.43. The van der Waals surface area contributed by atoms with Crippen molar-refractivity contribution in [2.24, 2.45) is 0 Å². The van der Waals surface area contributed by atoms with Crippen LogP contribution in [0.5, 0.6) is 0 Å². The fourth-order valence-electron chi connectivity index (χ4n) is 2.96. The zero-order chi connectivity index (χ0) is 14.7. The average Bonchev–Trinajstić information content (AvgIpc) is 2.51. The summed E-state index contributed by atoms with van der Waals surface area (Å²) in [6.45, 7) is 8.81. The molecule has 2 nitrogen and oxygen atoms in total. The summed E-state index contributed by atoms with van der Waals surface area (Å²) >= 11 is 1.93. The summed E-state index contributed by atoms with van der Waals surface area (Å²) in [5.41, 5.74) is 4.17. The van der Waals surface area contributed by atoms with E-state index in [-0.39, 0.29) is 0 Å². The highest BCUT2D eigenvalue weighted by molar-refractivity contribution is 8.03. The van der Waals surface area contributed by atoms with Crippen LogP contribution in [0.2, 0.25) is 0 Å². The first kappa shape index (κ1) is 14.7. The van der Waals surface area contributed by atoms with Gasteiger partial charge in [0.2, 0.25) is 0 Å². The third-order valence-electron chi connectivity index (χ3n) is 4.09. The third-order valence-corrected chi connectivity index (χ3v) is 5.37. The van der Waals surface area contributed by atoms with Gasteiger partial charge < -0.3 is 10.2 Å². The lowest BCUT2D eigenvalue weighted by molar-refractivity contribution is 0.304. The van der Waals surface area contributed by atoms with E-state index >= 15 is 0 Å². The van der Waals surface area contributed by atoms with Crippen LogP contribution in [0.15, 0.2) is 45.8 Å². The van der Waals surface area contributed by atoms with Gasteiger partial charge in [0.05, 0.1) is 0 Å². The van der Waals surface area contributed by atoms with Crippen molar-refractivity contribution < 1.29 is 0 Å². The molecule has 0 atom stereocenters. The van der Waals surface area contributed by atoms with Crippen LogP contribution in [0.4, 0.5) is 0 Å². The number of rotatable bonds is 3. The zero-order valence-corrected chi connectivity index (χ0v) is 13.8. The molecule has 1 heterocycles. The maximum Gasteiger partial charge on any atom is 0.0465 e. The van der Waals surface area contributed by atoms with Crippen LogP contribution in [-0.2, 0) is 0 Å². The van der Waals surface area contributed by atoms with Crippen molar-refractivity contribution in [3.05, 3.63) is 52.1 Å². The van der Waals surface area contributed by atoms with Gasteiger partial charge in [-0.25, -0.2) is 0 Å². The SMILES string of the molecule is Cc1ccc(SC2=CCCC=C2N2CCNCC2)c(C)c1. The Labute approximate surface area is 132 Å². The Morgan fingerprint density at radius 2 is 1.81 bits per heavy atom. The molecule has 0 bridgehead atoms. The van der Waals surface area contributed by atoms with Crippen molar-refractivity contribution in [2.75, 3.05) is 26.2 Å². The molecule has 0 unspecified atom stereocenters. The molecular weight excluding hydrogens is 276 g/mol. The second-order valence-corrected chi connectivity index (χ2v) is 6.93. The molecule has 0 aromatic heterocycles. The summed E-state index contributed by atoms with van der Waals surface area (Å²) in [5.74, 6) is 0. The minimum Gasteiger partial charge on any atom is -0.368 e. The summed E-state index contributed by atoms with van der Waals surface area (Å²) < 4.78 is 0. The van der Waals surface area contributed by atoms with Gasteiger partial charge in [-0.05, 0) is 38.3 Å². The highest BCUT2D eigenvalue weighted by atomic mass is 32.2. The monoisotopic (exact) mass is 300 g/mol. The van der Waals surface area contributed by atoms with E-state index in [0.29, 0.717) is 0 Å². The number of allylic oxidation sites excluding steroid dienone is 2.